The van der Waals surface area contributed by atoms with E-state index in [1.807, 2.05) is 19.1 Å². The molecule has 0 saturated carbocycles. The molecule has 2 rings (SSSR count). The summed E-state index contributed by atoms with van der Waals surface area (Å²) < 4.78 is 0. The van der Waals surface area contributed by atoms with Gasteiger partial charge < -0.3 is 5.11 Å². The highest BCUT2D eigenvalue weighted by molar-refractivity contribution is 7.12. The molecule has 0 saturated heterocycles. The average molecular weight is 206 g/mol. The largest absolute Gasteiger partial charge is 0.381 e. The van der Waals surface area contributed by atoms with Gasteiger partial charge >= 0.3 is 0 Å². The van der Waals surface area contributed by atoms with Crippen LogP contribution in [0.25, 0.3) is 0 Å². The summed E-state index contributed by atoms with van der Waals surface area (Å²) in [6, 6.07) is 3.90. The van der Waals surface area contributed by atoms with Gasteiger partial charge in [-0.05, 0) is 19.1 Å². The summed E-state index contributed by atoms with van der Waals surface area (Å²) in [4.78, 5) is 10.1. The zero-order chi connectivity index (χ0) is 9.97. The van der Waals surface area contributed by atoms with Crippen LogP contribution in [-0.2, 0) is 0 Å². The molecule has 0 spiro atoms. The predicted molar refractivity (Wildman–Crippen MR) is 55.1 cm³/mol. The molecule has 1 N–H and O–H groups in total. The molecule has 0 aliphatic rings. The van der Waals surface area contributed by atoms with E-state index in [1.165, 1.54) is 4.88 Å². The van der Waals surface area contributed by atoms with Gasteiger partial charge in [-0.15, -0.1) is 11.3 Å². The van der Waals surface area contributed by atoms with E-state index in [4.69, 9.17) is 0 Å². The topological polar surface area (TPSA) is 46.0 Å². The predicted octanol–water partition coefficient (Wildman–Crippen LogP) is 1.93. The molecule has 0 aliphatic heterocycles. The molecule has 0 bridgehead atoms. The van der Waals surface area contributed by atoms with Crippen molar-refractivity contribution in [3.63, 3.8) is 0 Å². The molecule has 1 unspecified atom stereocenters. The molecule has 3 nitrogen and oxygen atoms in total. The number of hydrogen-bond donors (Lipinski definition) is 1. The molecule has 0 amide bonds. The number of rotatable bonds is 2. The van der Waals surface area contributed by atoms with Crippen LogP contribution in [0.2, 0.25) is 0 Å². The molecule has 2 heterocycles. The van der Waals surface area contributed by atoms with Crippen LogP contribution in [0.1, 0.15) is 21.6 Å². The molecular weight excluding hydrogens is 196 g/mol. The number of aromatic nitrogens is 2. The van der Waals surface area contributed by atoms with Crippen LogP contribution in [0.15, 0.2) is 30.7 Å². The van der Waals surface area contributed by atoms with Gasteiger partial charge in [0.25, 0.3) is 0 Å². The van der Waals surface area contributed by atoms with E-state index >= 15 is 0 Å². The van der Waals surface area contributed by atoms with Crippen molar-refractivity contribution in [2.75, 3.05) is 0 Å². The molecular formula is C10H10N2OS. The molecule has 0 radical (unpaired) electrons. The summed E-state index contributed by atoms with van der Waals surface area (Å²) in [6.45, 7) is 2.01. The van der Waals surface area contributed by atoms with Crippen LogP contribution in [0.5, 0.6) is 0 Å². The molecule has 1 atom stereocenters. The van der Waals surface area contributed by atoms with E-state index < -0.39 is 6.10 Å². The standard InChI is InChI=1S/C10H10N2OS/c1-7-2-3-9(14-7)10(13)8-6-11-4-5-12-8/h2-6,10,13H,1H3. The molecule has 2 aromatic rings. The first-order valence-electron chi connectivity index (χ1n) is 4.27. The second-order valence-electron chi connectivity index (χ2n) is 2.98. The number of thiophene rings is 1. The Hall–Kier alpha value is -1.26. The maximum absolute atomic E-state index is 9.91. The van der Waals surface area contributed by atoms with Gasteiger partial charge in [0.2, 0.25) is 0 Å². The third-order valence-electron chi connectivity index (χ3n) is 1.89. The van der Waals surface area contributed by atoms with Gasteiger partial charge in [-0.25, -0.2) is 0 Å². The fourth-order valence-corrected chi connectivity index (χ4v) is 2.07. The van der Waals surface area contributed by atoms with Gasteiger partial charge in [0.1, 0.15) is 6.10 Å². The molecule has 14 heavy (non-hydrogen) atoms. The zero-order valence-corrected chi connectivity index (χ0v) is 8.53. The summed E-state index contributed by atoms with van der Waals surface area (Å²) in [7, 11) is 0. The van der Waals surface area contributed by atoms with E-state index in [2.05, 4.69) is 9.97 Å². The van der Waals surface area contributed by atoms with Crippen LogP contribution in [0, 0.1) is 6.92 Å². The molecule has 0 aromatic carbocycles. The fraction of sp³-hybridized carbons (Fsp3) is 0.200. The summed E-state index contributed by atoms with van der Waals surface area (Å²) >= 11 is 1.57. The van der Waals surface area contributed by atoms with Crippen molar-refractivity contribution in [2.24, 2.45) is 0 Å². The van der Waals surface area contributed by atoms with Crippen molar-refractivity contribution in [3.8, 4) is 0 Å². The number of hydrogen-bond acceptors (Lipinski definition) is 4. The van der Waals surface area contributed by atoms with E-state index in [-0.39, 0.29) is 0 Å². The molecule has 4 heteroatoms. The van der Waals surface area contributed by atoms with Gasteiger partial charge in [-0.1, -0.05) is 0 Å². The third-order valence-corrected chi connectivity index (χ3v) is 2.95. The Morgan fingerprint density at radius 1 is 1.36 bits per heavy atom. The lowest BCUT2D eigenvalue weighted by Gasteiger charge is -2.05. The Kier molecular flexibility index (Phi) is 2.56. The first-order valence-corrected chi connectivity index (χ1v) is 5.09. The van der Waals surface area contributed by atoms with E-state index in [0.29, 0.717) is 5.69 Å². The highest BCUT2D eigenvalue weighted by atomic mass is 32.1. The minimum atomic E-state index is -0.651. The SMILES string of the molecule is Cc1ccc(C(O)c2cnccn2)s1. The lowest BCUT2D eigenvalue weighted by molar-refractivity contribution is 0.218. The average Bonchev–Trinajstić information content (AvgIpc) is 2.65. The van der Waals surface area contributed by atoms with Gasteiger partial charge in [0, 0.05) is 22.1 Å². The fourth-order valence-electron chi connectivity index (χ4n) is 1.20. The van der Waals surface area contributed by atoms with E-state index in [0.717, 1.165) is 4.88 Å². The minimum absolute atomic E-state index is 0.592. The van der Waals surface area contributed by atoms with E-state index in [1.54, 1.807) is 29.9 Å². The van der Waals surface area contributed by atoms with Crippen molar-refractivity contribution < 1.29 is 5.11 Å². The third kappa shape index (κ3) is 1.81. The monoisotopic (exact) mass is 206 g/mol. The Bertz CT molecular complexity index is 413. The summed E-state index contributed by atoms with van der Waals surface area (Å²) in [5.74, 6) is 0. The highest BCUT2D eigenvalue weighted by Gasteiger charge is 2.13. The number of aliphatic hydroxyl groups excluding tert-OH is 1. The summed E-state index contributed by atoms with van der Waals surface area (Å²) in [5, 5.41) is 9.91. The number of aryl methyl sites for hydroxylation is 1. The quantitative estimate of drug-likeness (QED) is 0.816. The van der Waals surface area contributed by atoms with Gasteiger partial charge in [-0.2, -0.15) is 0 Å². The van der Waals surface area contributed by atoms with Crippen LogP contribution < -0.4 is 0 Å². The second-order valence-corrected chi connectivity index (χ2v) is 4.30. The minimum Gasteiger partial charge on any atom is -0.381 e. The number of nitrogens with zero attached hydrogens (tertiary/aromatic N) is 2. The highest BCUT2D eigenvalue weighted by Crippen LogP contribution is 2.26. The van der Waals surface area contributed by atoms with Gasteiger partial charge in [-0.3, -0.25) is 9.97 Å². The molecule has 72 valence electrons. The Morgan fingerprint density at radius 2 is 2.21 bits per heavy atom. The first-order chi connectivity index (χ1) is 6.77. The Morgan fingerprint density at radius 3 is 2.79 bits per heavy atom. The number of aliphatic hydroxyl groups is 1. The van der Waals surface area contributed by atoms with Gasteiger partial charge in [0.05, 0.1) is 11.9 Å². The molecule has 0 fully saturated rings. The first kappa shape index (κ1) is 9.30. The van der Waals surface area contributed by atoms with Gasteiger partial charge in [0.15, 0.2) is 0 Å². The lowest BCUT2D eigenvalue weighted by Crippen LogP contribution is -2.00. The summed E-state index contributed by atoms with van der Waals surface area (Å²) in [5.41, 5.74) is 0.592. The van der Waals surface area contributed by atoms with Crippen LogP contribution in [-0.4, -0.2) is 15.1 Å². The Balaban J connectivity index is 2.29. The maximum Gasteiger partial charge on any atom is 0.132 e. The molecule has 2 aromatic heterocycles. The zero-order valence-electron chi connectivity index (χ0n) is 7.71. The van der Waals surface area contributed by atoms with Crippen LogP contribution in [0.4, 0.5) is 0 Å². The smallest absolute Gasteiger partial charge is 0.132 e. The lowest BCUT2D eigenvalue weighted by atomic mass is 10.2. The van der Waals surface area contributed by atoms with Crippen LogP contribution >= 0.6 is 11.3 Å². The van der Waals surface area contributed by atoms with Crippen molar-refractivity contribution in [1.82, 2.24) is 9.97 Å². The maximum atomic E-state index is 9.91. The van der Waals surface area contributed by atoms with Crippen molar-refractivity contribution in [2.45, 2.75) is 13.0 Å². The van der Waals surface area contributed by atoms with Crippen molar-refractivity contribution in [1.29, 1.82) is 0 Å². The second kappa shape index (κ2) is 3.86. The summed E-state index contributed by atoms with van der Waals surface area (Å²) in [6.07, 6.45) is 4.11. The van der Waals surface area contributed by atoms with Crippen molar-refractivity contribution in [3.05, 3.63) is 46.2 Å². The molecule has 0 aliphatic carbocycles. The van der Waals surface area contributed by atoms with Crippen molar-refractivity contribution >= 4 is 11.3 Å². The van der Waals surface area contributed by atoms with Crippen LogP contribution in [0.3, 0.4) is 0 Å². The normalized spacial score (nSPS) is 12.7. The van der Waals surface area contributed by atoms with E-state index in [9.17, 15) is 5.11 Å². The Labute approximate surface area is 86.1 Å².